The van der Waals surface area contributed by atoms with Gasteiger partial charge in [-0.3, -0.25) is 4.79 Å². The number of hydrogen-bond donors (Lipinski definition) is 2. The summed E-state index contributed by atoms with van der Waals surface area (Å²) in [6.45, 7) is 1.23. The zero-order valence-electron chi connectivity index (χ0n) is 17.0. The van der Waals surface area contributed by atoms with Gasteiger partial charge in [0, 0.05) is 17.1 Å². The van der Waals surface area contributed by atoms with Crippen molar-refractivity contribution in [3.05, 3.63) is 70.2 Å². The molecule has 0 saturated carbocycles. The van der Waals surface area contributed by atoms with Crippen molar-refractivity contribution in [2.45, 2.75) is 25.3 Å². The molecular formula is C23H23ClN6O. The number of carbonyl (C=O) groups is 1. The molecule has 1 amide bonds. The summed E-state index contributed by atoms with van der Waals surface area (Å²) < 4.78 is 1.65. The smallest absolute Gasteiger partial charge is 0.254 e. The zero-order valence-corrected chi connectivity index (χ0v) is 17.7. The number of nitrogens with zero attached hydrogens (tertiary/aromatic N) is 4. The summed E-state index contributed by atoms with van der Waals surface area (Å²) in [5.74, 6) is -0.366. The average molecular weight is 435 g/mol. The first-order chi connectivity index (χ1) is 15.0. The lowest BCUT2D eigenvalue weighted by Gasteiger charge is -2.29. The second kappa shape index (κ2) is 8.70. The largest absolute Gasteiger partial charge is 0.383 e. The Hall–Kier alpha value is -3.50. The van der Waals surface area contributed by atoms with Gasteiger partial charge >= 0.3 is 0 Å². The SMILES string of the molecule is N#CN1CCCC(n2nc(-c3ccc(Cc4ccc(Cl)cc4)cc3)c(C(N)=O)c2N)C1. The van der Waals surface area contributed by atoms with Crippen LogP contribution < -0.4 is 11.5 Å². The Labute approximate surface area is 185 Å². The standard InChI is InChI=1S/C23H23ClN6O/c24-18-9-5-16(6-10-18)12-15-3-7-17(8-4-15)21-20(23(27)31)22(26)30(28-21)19-2-1-11-29(13-19)14-25/h3-10,19H,1-2,11-13,26H2,(H2,27,31). The molecule has 1 atom stereocenters. The predicted molar refractivity (Wildman–Crippen MR) is 120 cm³/mol. The molecule has 1 aromatic heterocycles. The number of carbonyl (C=O) groups excluding carboxylic acids is 1. The van der Waals surface area contributed by atoms with Crippen LogP contribution in [0.1, 0.15) is 40.4 Å². The third kappa shape index (κ3) is 4.35. The monoisotopic (exact) mass is 434 g/mol. The number of nitrogens with two attached hydrogens (primary N) is 2. The topological polar surface area (TPSA) is 114 Å². The Balaban J connectivity index is 1.63. The van der Waals surface area contributed by atoms with E-state index in [0.717, 1.165) is 42.5 Å². The van der Waals surface area contributed by atoms with E-state index in [0.29, 0.717) is 17.3 Å². The summed E-state index contributed by atoms with van der Waals surface area (Å²) in [5.41, 5.74) is 15.7. The van der Waals surface area contributed by atoms with Gasteiger partial charge in [0.1, 0.15) is 17.1 Å². The lowest BCUT2D eigenvalue weighted by atomic mass is 10.0. The van der Waals surface area contributed by atoms with Gasteiger partial charge in [-0.2, -0.15) is 10.4 Å². The van der Waals surface area contributed by atoms with Crippen LogP contribution in [0.2, 0.25) is 5.02 Å². The van der Waals surface area contributed by atoms with E-state index in [4.69, 9.17) is 23.1 Å². The van der Waals surface area contributed by atoms with Gasteiger partial charge in [-0.1, -0.05) is 48.0 Å². The molecular weight excluding hydrogens is 412 g/mol. The second-order valence-electron chi connectivity index (χ2n) is 7.76. The average Bonchev–Trinajstić information content (AvgIpc) is 3.13. The molecule has 4 N–H and O–H groups in total. The van der Waals surface area contributed by atoms with E-state index in [9.17, 15) is 10.1 Å². The number of anilines is 1. The number of piperidine rings is 1. The quantitative estimate of drug-likeness (QED) is 0.595. The van der Waals surface area contributed by atoms with Gasteiger partial charge in [0.2, 0.25) is 0 Å². The van der Waals surface area contributed by atoms with E-state index in [1.165, 1.54) is 0 Å². The van der Waals surface area contributed by atoms with Gasteiger partial charge in [-0.05, 0) is 42.5 Å². The summed E-state index contributed by atoms with van der Waals surface area (Å²) in [4.78, 5) is 13.9. The summed E-state index contributed by atoms with van der Waals surface area (Å²) in [7, 11) is 0. The maximum atomic E-state index is 12.2. The van der Waals surface area contributed by atoms with E-state index < -0.39 is 5.91 Å². The number of aromatic nitrogens is 2. The third-order valence-corrected chi connectivity index (χ3v) is 5.88. The Morgan fingerprint density at radius 1 is 1.16 bits per heavy atom. The van der Waals surface area contributed by atoms with E-state index >= 15 is 0 Å². The second-order valence-corrected chi connectivity index (χ2v) is 8.20. The van der Waals surface area contributed by atoms with Crippen LogP contribution in [0.15, 0.2) is 48.5 Å². The molecule has 1 aliphatic heterocycles. The minimum atomic E-state index is -0.614. The highest BCUT2D eigenvalue weighted by atomic mass is 35.5. The van der Waals surface area contributed by atoms with Crippen LogP contribution in [0.5, 0.6) is 0 Å². The molecule has 1 aliphatic rings. The minimum Gasteiger partial charge on any atom is -0.383 e. The lowest BCUT2D eigenvalue weighted by molar-refractivity contribution is 0.100. The van der Waals surface area contributed by atoms with Gasteiger partial charge in [0.05, 0.1) is 12.6 Å². The fraction of sp³-hybridized carbons (Fsp3) is 0.261. The van der Waals surface area contributed by atoms with Crippen LogP contribution in [0, 0.1) is 11.5 Å². The molecule has 0 radical (unpaired) electrons. The van der Waals surface area contributed by atoms with E-state index in [2.05, 4.69) is 11.3 Å². The highest BCUT2D eigenvalue weighted by Crippen LogP contribution is 2.32. The van der Waals surface area contributed by atoms with Crippen LogP contribution in [0.4, 0.5) is 5.82 Å². The number of likely N-dealkylation sites (tertiary alicyclic amines) is 1. The number of amides is 1. The molecule has 0 bridgehead atoms. The lowest BCUT2D eigenvalue weighted by Crippen LogP contribution is -2.34. The Kier molecular flexibility index (Phi) is 5.83. The molecule has 8 heteroatoms. The zero-order chi connectivity index (χ0) is 22.0. The van der Waals surface area contributed by atoms with Gasteiger partial charge in [0.25, 0.3) is 5.91 Å². The van der Waals surface area contributed by atoms with Crippen LogP contribution in [0.3, 0.4) is 0 Å². The molecule has 7 nitrogen and oxygen atoms in total. The predicted octanol–water partition coefficient (Wildman–Crippen LogP) is 3.59. The molecule has 4 rings (SSSR count). The highest BCUT2D eigenvalue weighted by molar-refractivity contribution is 6.30. The van der Waals surface area contributed by atoms with Gasteiger partial charge in [0.15, 0.2) is 6.19 Å². The number of halogens is 1. The van der Waals surface area contributed by atoms with Crippen molar-refractivity contribution in [3.8, 4) is 17.5 Å². The summed E-state index contributed by atoms with van der Waals surface area (Å²) in [6.07, 6.45) is 4.64. The van der Waals surface area contributed by atoms with Crippen molar-refractivity contribution >= 4 is 23.3 Å². The first-order valence-corrected chi connectivity index (χ1v) is 10.5. The first-order valence-electron chi connectivity index (χ1n) is 10.1. The van der Waals surface area contributed by atoms with Crippen LogP contribution in [-0.4, -0.2) is 33.7 Å². The Bertz CT molecular complexity index is 1130. The van der Waals surface area contributed by atoms with Gasteiger partial charge < -0.3 is 16.4 Å². The van der Waals surface area contributed by atoms with Crippen molar-refractivity contribution in [1.82, 2.24) is 14.7 Å². The van der Waals surface area contributed by atoms with Crippen LogP contribution >= 0.6 is 11.6 Å². The van der Waals surface area contributed by atoms with Gasteiger partial charge in [-0.15, -0.1) is 0 Å². The van der Waals surface area contributed by atoms with Crippen molar-refractivity contribution in [3.63, 3.8) is 0 Å². The number of rotatable bonds is 5. The molecule has 0 spiro atoms. The molecule has 31 heavy (non-hydrogen) atoms. The summed E-state index contributed by atoms with van der Waals surface area (Å²) in [6, 6.07) is 15.5. The number of benzene rings is 2. The molecule has 3 aromatic rings. The molecule has 0 aliphatic carbocycles. The highest BCUT2D eigenvalue weighted by Gasteiger charge is 2.28. The number of hydrogen-bond acceptors (Lipinski definition) is 5. The van der Waals surface area contributed by atoms with E-state index in [1.807, 2.05) is 48.5 Å². The molecule has 1 saturated heterocycles. The maximum absolute atomic E-state index is 12.2. The van der Waals surface area contributed by atoms with Crippen LogP contribution in [-0.2, 0) is 6.42 Å². The minimum absolute atomic E-state index is 0.0792. The third-order valence-electron chi connectivity index (χ3n) is 5.63. The Morgan fingerprint density at radius 2 is 1.81 bits per heavy atom. The number of nitrogen functional groups attached to an aromatic ring is 1. The van der Waals surface area contributed by atoms with Gasteiger partial charge in [-0.25, -0.2) is 4.68 Å². The molecule has 1 unspecified atom stereocenters. The van der Waals surface area contributed by atoms with Crippen molar-refractivity contribution < 1.29 is 4.79 Å². The van der Waals surface area contributed by atoms with Crippen molar-refractivity contribution in [1.29, 1.82) is 5.26 Å². The molecule has 2 aromatic carbocycles. The summed E-state index contributed by atoms with van der Waals surface area (Å²) in [5, 5.41) is 14.6. The molecule has 1 fully saturated rings. The maximum Gasteiger partial charge on any atom is 0.254 e. The number of primary amides is 1. The van der Waals surface area contributed by atoms with Crippen molar-refractivity contribution in [2.75, 3.05) is 18.8 Å². The van der Waals surface area contributed by atoms with E-state index in [1.54, 1.807) is 9.58 Å². The van der Waals surface area contributed by atoms with Crippen LogP contribution in [0.25, 0.3) is 11.3 Å². The fourth-order valence-electron chi connectivity index (χ4n) is 4.03. The van der Waals surface area contributed by atoms with Crippen molar-refractivity contribution in [2.24, 2.45) is 5.73 Å². The normalized spacial score (nSPS) is 16.1. The Morgan fingerprint density at radius 3 is 2.42 bits per heavy atom. The number of nitriles is 1. The fourth-order valence-corrected chi connectivity index (χ4v) is 4.16. The first kappa shape index (κ1) is 20.8. The summed E-state index contributed by atoms with van der Waals surface area (Å²) >= 11 is 5.96. The molecule has 2 heterocycles. The van der Waals surface area contributed by atoms with E-state index in [-0.39, 0.29) is 17.4 Å². The molecule has 158 valence electrons.